The minimum Gasteiger partial charge on any atom is -0.383 e. The van der Waals surface area contributed by atoms with Crippen LogP contribution in [0.4, 0.5) is 0 Å². The summed E-state index contributed by atoms with van der Waals surface area (Å²) >= 11 is 0. The van der Waals surface area contributed by atoms with Gasteiger partial charge in [0.15, 0.2) is 0 Å². The van der Waals surface area contributed by atoms with Crippen LogP contribution < -0.4 is 5.32 Å². The van der Waals surface area contributed by atoms with Crippen molar-refractivity contribution in [2.24, 2.45) is 0 Å². The van der Waals surface area contributed by atoms with Crippen molar-refractivity contribution >= 4 is 5.91 Å². The molecule has 2 fully saturated rings. The molecule has 2 rings (SSSR count). The normalized spacial score (nSPS) is 26.0. The number of likely N-dealkylation sites (tertiary alicyclic amines) is 1. The quantitative estimate of drug-likeness (QED) is 0.797. The average molecular weight is 297 g/mol. The molecule has 0 spiro atoms. The van der Waals surface area contributed by atoms with Gasteiger partial charge >= 0.3 is 0 Å². The molecule has 0 saturated carbocycles. The fraction of sp³-hybridized carbons (Fsp3) is 0.938. The van der Waals surface area contributed by atoms with Gasteiger partial charge in [-0.1, -0.05) is 0 Å². The van der Waals surface area contributed by atoms with Crippen LogP contribution in [-0.4, -0.2) is 73.7 Å². The lowest BCUT2D eigenvalue weighted by molar-refractivity contribution is -0.139. The minimum atomic E-state index is 0.0901. The third-order valence-corrected chi connectivity index (χ3v) is 4.92. The number of nitrogens with zero attached hydrogens (tertiary/aromatic N) is 2. The molecule has 0 aromatic heterocycles. The van der Waals surface area contributed by atoms with Crippen molar-refractivity contribution in [2.45, 2.75) is 57.7 Å². The van der Waals surface area contributed by atoms with E-state index >= 15 is 0 Å². The summed E-state index contributed by atoms with van der Waals surface area (Å²) in [6.07, 6.45) is 4.50. The Kier molecular flexibility index (Phi) is 6.45. The van der Waals surface area contributed by atoms with Gasteiger partial charge in [0.05, 0.1) is 18.7 Å². The maximum atomic E-state index is 13.0. The summed E-state index contributed by atoms with van der Waals surface area (Å²) in [5, 5.41) is 3.41. The number of methoxy groups -OCH3 is 1. The molecule has 5 heteroatoms. The van der Waals surface area contributed by atoms with Gasteiger partial charge in [-0.15, -0.1) is 0 Å². The highest BCUT2D eigenvalue weighted by Crippen LogP contribution is 2.26. The molecule has 0 radical (unpaired) electrons. The second-order valence-electron chi connectivity index (χ2n) is 6.31. The molecular weight excluding hydrogens is 266 g/mol. The molecule has 0 aromatic rings. The molecule has 0 aliphatic carbocycles. The largest absolute Gasteiger partial charge is 0.383 e. The molecular formula is C16H31N3O2. The summed E-state index contributed by atoms with van der Waals surface area (Å²) in [5.74, 6) is 0.304. The maximum Gasteiger partial charge on any atom is 0.240 e. The monoisotopic (exact) mass is 297 g/mol. The van der Waals surface area contributed by atoms with Crippen molar-refractivity contribution in [3.05, 3.63) is 0 Å². The molecule has 2 heterocycles. The zero-order valence-electron chi connectivity index (χ0n) is 13.8. The van der Waals surface area contributed by atoms with Gasteiger partial charge < -0.3 is 15.0 Å². The Morgan fingerprint density at radius 2 is 2.10 bits per heavy atom. The first-order valence-corrected chi connectivity index (χ1v) is 8.44. The van der Waals surface area contributed by atoms with Crippen LogP contribution in [0.25, 0.3) is 0 Å². The maximum absolute atomic E-state index is 13.0. The summed E-state index contributed by atoms with van der Waals surface area (Å²) < 4.78 is 5.23. The van der Waals surface area contributed by atoms with Gasteiger partial charge in [0.1, 0.15) is 0 Å². The highest BCUT2D eigenvalue weighted by atomic mass is 16.5. The van der Waals surface area contributed by atoms with Gasteiger partial charge in [0, 0.05) is 19.7 Å². The van der Waals surface area contributed by atoms with Gasteiger partial charge in [-0.2, -0.15) is 0 Å². The van der Waals surface area contributed by atoms with E-state index in [2.05, 4.69) is 24.1 Å². The Balaban J connectivity index is 2.01. The lowest BCUT2D eigenvalue weighted by atomic mass is 10.0. The molecule has 0 bridgehead atoms. The van der Waals surface area contributed by atoms with Crippen LogP contribution in [-0.2, 0) is 9.53 Å². The number of nitrogens with one attached hydrogen (secondary N) is 1. The third kappa shape index (κ3) is 3.96. The fourth-order valence-electron chi connectivity index (χ4n) is 3.84. The first-order valence-electron chi connectivity index (χ1n) is 8.44. The lowest BCUT2D eigenvalue weighted by Crippen LogP contribution is -2.53. The molecule has 2 aliphatic rings. The molecule has 1 amide bonds. The zero-order chi connectivity index (χ0) is 15.2. The van der Waals surface area contributed by atoms with Crippen LogP contribution in [0.5, 0.6) is 0 Å². The number of carbonyl (C=O) groups is 1. The van der Waals surface area contributed by atoms with E-state index in [0.717, 1.165) is 39.0 Å². The lowest BCUT2D eigenvalue weighted by Gasteiger charge is -2.38. The molecule has 2 aliphatic heterocycles. The van der Waals surface area contributed by atoms with Crippen LogP contribution >= 0.6 is 0 Å². The third-order valence-electron chi connectivity index (χ3n) is 4.92. The Morgan fingerprint density at radius 3 is 2.71 bits per heavy atom. The Morgan fingerprint density at radius 1 is 1.38 bits per heavy atom. The SMILES string of the molecule is CCN(C(=O)C1CCCN1C1CCNCC1)C(C)COC. The first kappa shape index (κ1) is 16.7. The smallest absolute Gasteiger partial charge is 0.240 e. The van der Waals surface area contributed by atoms with Crippen LogP contribution in [0, 0.1) is 0 Å². The van der Waals surface area contributed by atoms with E-state index in [9.17, 15) is 4.79 Å². The van der Waals surface area contributed by atoms with Crippen molar-refractivity contribution in [1.82, 2.24) is 15.1 Å². The summed E-state index contributed by atoms with van der Waals surface area (Å²) in [5.41, 5.74) is 0. The summed E-state index contributed by atoms with van der Waals surface area (Å²) in [6.45, 7) is 8.76. The predicted molar refractivity (Wildman–Crippen MR) is 84.3 cm³/mol. The zero-order valence-corrected chi connectivity index (χ0v) is 13.8. The summed E-state index contributed by atoms with van der Waals surface area (Å²) in [7, 11) is 1.70. The second kappa shape index (κ2) is 8.11. The average Bonchev–Trinajstić information content (AvgIpc) is 2.98. The van der Waals surface area contributed by atoms with Crippen LogP contribution in [0.2, 0.25) is 0 Å². The number of piperidine rings is 1. The van der Waals surface area contributed by atoms with Crippen LogP contribution in [0.3, 0.4) is 0 Å². The first-order chi connectivity index (χ1) is 10.2. The highest BCUT2D eigenvalue weighted by molar-refractivity contribution is 5.82. The molecule has 21 heavy (non-hydrogen) atoms. The second-order valence-corrected chi connectivity index (χ2v) is 6.31. The van der Waals surface area contributed by atoms with Gasteiger partial charge in [-0.3, -0.25) is 9.69 Å². The number of ether oxygens (including phenoxy) is 1. The van der Waals surface area contributed by atoms with E-state index in [1.54, 1.807) is 7.11 Å². The predicted octanol–water partition coefficient (Wildman–Crippen LogP) is 1.09. The van der Waals surface area contributed by atoms with E-state index in [1.807, 2.05) is 4.90 Å². The van der Waals surface area contributed by atoms with Gasteiger partial charge in [0.2, 0.25) is 5.91 Å². The topological polar surface area (TPSA) is 44.8 Å². The van der Waals surface area contributed by atoms with Gasteiger partial charge in [0.25, 0.3) is 0 Å². The van der Waals surface area contributed by atoms with Crippen molar-refractivity contribution < 1.29 is 9.53 Å². The van der Waals surface area contributed by atoms with E-state index in [4.69, 9.17) is 4.74 Å². The Labute approximate surface area is 129 Å². The number of hydrogen-bond acceptors (Lipinski definition) is 4. The summed E-state index contributed by atoms with van der Waals surface area (Å²) in [4.78, 5) is 17.4. The molecule has 1 N–H and O–H groups in total. The minimum absolute atomic E-state index is 0.0901. The van der Waals surface area contributed by atoms with E-state index in [-0.39, 0.29) is 12.1 Å². The van der Waals surface area contributed by atoms with Crippen LogP contribution in [0.1, 0.15) is 39.5 Å². The fourth-order valence-corrected chi connectivity index (χ4v) is 3.84. The Bertz CT molecular complexity index is 331. The van der Waals surface area contributed by atoms with Gasteiger partial charge in [-0.25, -0.2) is 0 Å². The van der Waals surface area contributed by atoms with Crippen molar-refractivity contribution in [2.75, 3.05) is 39.9 Å². The molecule has 2 saturated heterocycles. The van der Waals surface area contributed by atoms with Crippen LogP contribution in [0.15, 0.2) is 0 Å². The van der Waals surface area contributed by atoms with E-state index < -0.39 is 0 Å². The number of amides is 1. The molecule has 5 nitrogen and oxygen atoms in total. The highest BCUT2D eigenvalue weighted by Gasteiger charge is 2.38. The molecule has 0 aromatic carbocycles. The Hall–Kier alpha value is -0.650. The van der Waals surface area contributed by atoms with E-state index in [1.165, 1.54) is 12.8 Å². The van der Waals surface area contributed by atoms with Crippen molar-refractivity contribution in [3.63, 3.8) is 0 Å². The van der Waals surface area contributed by atoms with Gasteiger partial charge in [-0.05, 0) is 59.2 Å². The molecule has 122 valence electrons. The van der Waals surface area contributed by atoms with Crippen molar-refractivity contribution in [1.29, 1.82) is 0 Å². The standard InChI is InChI=1S/C16H31N3O2/c1-4-18(13(2)12-21-3)16(20)15-6-5-11-19(15)14-7-9-17-10-8-14/h13-15,17H,4-12H2,1-3H3. The number of hydrogen-bond donors (Lipinski definition) is 1. The number of likely N-dealkylation sites (N-methyl/N-ethyl adjacent to an activating group) is 1. The van der Waals surface area contributed by atoms with Crippen molar-refractivity contribution in [3.8, 4) is 0 Å². The number of rotatable bonds is 6. The summed E-state index contributed by atoms with van der Waals surface area (Å²) in [6, 6.07) is 0.828. The number of carbonyl (C=O) groups excluding carboxylic acids is 1. The molecule has 2 atom stereocenters. The van der Waals surface area contributed by atoms with E-state index in [0.29, 0.717) is 18.6 Å². The molecule has 2 unspecified atom stereocenters.